The van der Waals surface area contributed by atoms with E-state index in [1.165, 1.54) is 4.88 Å². The van der Waals surface area contributed by atoms with Gasteiger partial charge in [0.2, 0.25) is 5.91 Å². The molecule has 2 fully saturated rings. The minimum Gasteiger partial charge on any atom is -0.381 e. The number of likely N-dealkylation sites (N-methyl/N-ethyl adjacent to an activating group) is 1. The zero-order valence-electron chi connectivity index (χ0n) is 18.3. The summed E-state index contributed by atoms with van der Waals surface area (Å²) in [6.07, 6.45) is 1.29. The van der Waals surface area contributed by atoms with Crippen molar-refractivity contribution in [2.75, 3.05) is 66.6 Å². The second-order valence-electron chi connectivity index (χ2n) is 8.15. The largest absolute Gasteiger partial charge is 0.381 e. The maximum atomic E-state index is 12.0. The van der Waals surface area contributed by atoms with E-state index in [1.807, 2.05) is 0 Å². The van der Waals surface area contributed by atoms with Crippen molar-refractivity contribution in [3.05, 3.63) is 22.4 Å². The first-order valence-corrected chi connectivity index (χ1v) is 11.6. The molecule has 1 amide bonds. The highest BCUT2D eigenvalue weighted by Crippen LogP contribution is 2.26. The van der Waals surface area contributed by atoms with Crippen LogP contribution < -0.4 is 10.6 Å². The van der Waals surface area contributed by atoms with Crippen LogP contribution in [-0.2, 0) is 14.3 Å². The minimum atomic E-state index is -0.0166. The summed E-state index contributed by atoms with van der Waals surface area (Å²) >= 11 is 1.77. The Morgan fingerprint density at radius 3 is 2.93 bits per heavy atom. The van der Waals surface area contributed by atoms with Gasteiger partial charge in [0.05, 0.1) is 25.4 Å². The molecule has 30 heavy (non-hydrogen) atoms. The summed E-state index contributed by atoms with van der Waals surface area (Å²) in [5.41, 5.74) is 0. The van der Waals surface area contributed by atoms with Crippen LogP contribution in [0.25, 0.3) is 0 Å². The van der Waals surface area contributed by atoms with E-state index in [4.69, 9.17) is 9.47 Å². The fraction of sp³-hybridized carbons (Fsp3) is 0.714. The smallest absolute Gasteiger partial charge is 0.243 e. The SMILES string of the molecule is CC1CN(C(CNC(=NCC(=O)N(C)C)NCC2CCOC2)c2cccs2)CCO1. The van der Waals surface area contributed by atoms with E-state index in [9.17, 15) is 4.79 Å². The average Bonchev–Trinajstić information content (AvgIpc) is 3.43. The normalized spacial score (nSPS) is 23.9. The van der Waals surface area contributed by atoms with Crippen molar-refractivity contribution in [3.63, 3.8) is 0 Å². The molecule has 9 heteroatoms. The molecule has 0 aromatic carbocycles. The summed E-state index contributed by atoms with van der Waals surface area (Å²) in [5, 5.41) is 9.03. The first-order chi connectivity index (χ1) is 14.5. The predicted molar refractivity (Wildman–Crippen MR) is 120 cm³/mol. The van der Waals surface area contributed by atoms with Gasteiger partial charge in [0.15, 0.2) is 5.96 Å². The van der Waals surface area contributed by atoms with Gasteiger partial charge in [-0.1, -0.05) is 6.07 Å². The molecule has 8 nitrogen and oxygen atoms in total. The number of guanidine groups is 1. The maximum absolute atomic E-state index is 12.0. The highest BCUT2D eigenvalue weighted by molar-refractivity contribution is 7.10. The minimum absolute atomic E-state index is 0.0166. The number of aliphatic imine (C=N–C) groups is 1. The number of morpholine rings is 1. The van der Waals surface area contributed by atoms with E-state index in [0.717, 1.165) is 52.4 Å². The van der Waals surface area contributed by atoms with Crippen molar-refractivity contribution in [2.24, 2.45) is 10.9 Å². The first kappa shape index (κ1) is 23.0. The lowest BCUT2D eigenvalue weighted by molar-refractivity contribution is -0.127. The van der Waals surface area contributed by atoms with Gasteiger partial charge in [-0.15, -0.1) is 11.3 Å². The van der Waals surface area contributed by atoms with Crippen LogP contribution in [0.1, 0.15) is 24.3 Å². The second-order valence-corrected chi connectivity index (χ2v) is 9.13. The Bertz CT molecular complexity index is 676. The number of carbonyl (C=O) groups excluding carboxylic acids is 1. The number of rotatable bonds is 8. The van der Waals surface area contributed by atoms with Crippen molar-refractivity contribution in [2.45, 2.75) is 25.5 Å². The number of nitrogens with zero attached hydrogens (tertiary/aromatic N) is 3. The average molecular weight is 438 g/mol. The van der Waals surface area contributed by atoms with Gasteiger partial charge < -0.3 is 25.0 Å². The standard InChI is InChI=1S/C21H35N5O3S/c1-16-14-26(7-9-29-16)18(19-5-4-10-30-19)12-23-21(24-13-20(27)25(2)3)22-11-17-6-8-28-15-17/h4-5,10,16-18H,6-9,11-15H2,1-3H3,(H2,22,23,24). The molecule has 0 saturated carbocycles. The Kier molecular flexibility index (Phi) is 8.92. The molecule has 3 heterocycles. The predicted octanol–water partition coefficient (Wildman–Crippen LogP) is 1.17. The molecule has 2 saturated heterocycles. The summed E-state index contributed by atoms with van der Waals surface area (Å²) in [7, 11) is 3.50. The van der Waals surface area contributed by atoms with Crippen LogP contribution in [0.5, 0.6) is 0 Å². The number of thiophene rings is 1. The molecule has 168 valence electrons. The Balaban J connectivity index is 1.65. The van der Waals surface area contributed by atoms with Crippen molar-refractivity contribution >= 4 is 23.2 Å². The van der Waals surface area contributed by atoms with E-state index in [-0.39, 0.29) is 24.6 Å². The number of amides is 1. The van der Waals surface area contributed by atoms with E-state index in [1.54, 1.807) is 30.3 Å². The van der Waals surface area contributed by atoms with Crippen LogP contribution >= 0.6 is 11.3 Å². The first-order valence-electron chi connectivity index (χ1n) is 10.7. The molecular weight excluding hydrogens is 402 g/mol. The second kappa shape index (κ2) is 11.6. The van der Waals surface area contributed by atoms with Crippen molar-refractivity contribution in [1.29, 1.82) is 0 Å². The zero-order chi connectivity index (χ0) is 21.3. The third-order valence-corrected chi connectivity index (χ3v) is 6.47. The monoisotopic (exact) mass is 437 g/mol. The van der Waals surface area contributed by atoms with E-state index < -0.39 is 0 Å². The highest BCUT2D eigenvalue weighted by atomic mass is 32.1. The molecule has 0 aliphatic carbocycles. The Labute approximate surface area is 183 Å². The zero-order valence-corrected chi connectivity index (χ0v) is 19.1. The van der Waals surface area contributed by atoms with Crippen molar-refractivity contribution in [1.82, 2.24) is 20.4 Å². The number of hydrogen-bond acceptors (Lipinski definition) is 6. The maximum Gasteiger partial charge on any atom is 0.243 e. The lowest BCUT2D eigenvalue weighted by Crippen LogP contribution is -2.48. The molecule has 2 aliphatic rings. The molecule has 2 aliphatic heterocycles. The molecule has 1 aromatic heterocycles. The molecule has 0 radical (unpaired) electrons. The molecule has 0 bridgehead atoms. The van der Waals surface area contributed by atoms with Crippen molar-refractivity contribution < 1.29 is 14.3 Å². The van der Waals surface area contributed by atoms with Gasteiger partial charge in [0.25, 0.3) is 0 Å². The Morgan fingerprint density at radius 2 is 2.27 bits per heavy atom. The van der Waals surface area contributed by atoms with Gasteiger partial charge in [-0.05, 0) is 24.8 Å². The van der Waals surface area contributed by atoms with Crippen LogP contribution in [0.15, 0.2) is 22.5 Å². The fourth-order valence-electron chi connectivity index (χ4n) is 3.66. The van der Waals surface area contributed by atoms with Crippen LogP contribution in [0.4, 0.5) is 0 Å². The van der Waals surface area contributed by atoms with Crippen molar-refractivity contribution in [3.8, 4) is 0 Å². The quantitative estimate of drug-likeness (QED) is 0.470. The number of hydrogen-bond donors (Lipinski definition) is 2. The molecule has 3 unspecified atom stereocenters. The van der Waals surface area contributed by atoms with Crippen LogP contribution in [0.2, 0.25) is 0 Å². The van der Waals surface area contributed by atoms with Gasteiger partial charge in [-0.25, -0.2) is 4.99 Å². The Hall–Kier alpha value is -1.68. The van der Waals surface area contributed by atoms with E-state index >= 15 is 0 Å². The molecule has 1 aromatic rings. The lowest BCUT2D eigenvalue weighted by atomic mass is 10.1. The van der Waals surface area contributed by atoms with Gasteiger partial charge in [0.1, 0.15) is 6.54 Å². The molecular formula is C21H35N5O3S. The van der Waals surface area contributed by atoms with Crippen LogP contribution in [0.3, 0.4) is 0 Å². The summed E-state index contributed by atoms with van der Waals surface area (Å²) in [5.74, 6) is 1.15. The van der Waals surface area contributed by atoms with Crippen LogP contribution in [-0.4, -0.2) is 94.4 Å². The van der Waals surface area contributed by atoms with Gasteiger partial charge in [-0.2, -0.15) is 0 Å². The fourth-order valence-corrected chi connectivity index (χ4v) is 4.52. The van der Waals surface area contributed by atoms with E-state index in [0.29, 0.717) is 11.9 Å². The molecule has 3 rings (SSSR count). The summed E-state index contributed by atoms with van der Waals surface area (Å²) < 4.78 is 11.2. The third-order valence-electron chi connectivity index (χ3n) is 5.50. The summed E-state index contributed by atoms with van der Waals surface area (Å²) in [6.45, 7) is 7.92. The van der Waals surface area contributed by atoms with Gasteiger partial charge in [-0.3, -0.25) is 9.69 Å². The summed E-state index contributed by atoms with van der Waals surface area (Å²) in [6, 6.07) is 4.52. The topological polar surface area (TPSA) is 78.4 Å². The van der Waals surface area contributed by atoms with Gasteiger partial charge >= 0.3 is 0 Å². The molecule has 0 spiro atoms. The van der Waals surface area contributed by atoms with Crippen LogP contribution in [0, 0.1) is 5.92 Å². The third kappa shape index (κ3) is 6.94. The number of carbonyl (C=O) groups is 1. The summed E-state index contributed by atoms with van der Waals surface area (Å²) in [4.78, 5) is 21.9. The molecule has 3 atom stereocenters. The number of ether oxygens (including phenoxy) is 2. The number of nitrogens with one attached hydrogen (secondary N) is 2. The van der Waals surface area contributed by atoms with E-state index in [2.05, 4.69) is 45.0 Å². The lowest BCUT2D eigenvalue weighted by Gasteiger charge is -2.37. The highest BCUT2D eigenvalue weighted by Gasteiger charge is 2.26. The molecule has 2 N–H and O–H groups in total. The van der Waals surface area contributed by atoms with Gasteiger partial charge in [0, 0.05) is 57.7 Å². The Morgan fingerprint density at radius 1 is 1.40 bits per heavy atom.